The summed E-state index contributed by atoms with van der Waals surface area (Å²) in [5.74, 6) is 1.16. The molecule has 2 heteroatoms. The Labute approximate surface area is 109 Å². The van der Waals surface area contributed by atoms with E-state index in [1.807, 2.05) is 12.1 Å². The third kappa shape index (κ3) is 3.39. The number of rotatable bonds is 0. The summed E-state index contributed by atoms with van der Waals surface area (Å²) >= 11 is 0. The largest absolute Gasteiger partial charge is 0.508 e. The van der Waals surface area contributed by atoms with Crippen LogP contribution in [-0.4, -0.2) is 11.7 Å². The Balaban J connectivity index is 2.30. The molecule has 0 spiro atoms. The van der Waals surface area contributed by atoms with Crippen LogP contribution in [0.4, 0.5) is 0 Å². The van der Waals surface area contributed by atoms with Crippen molar-refractivity contribution >= 4 is 0 Å². The molecule has 0 atom stereocenters. The Morgan fingerprint density at radius 1 is 1.11 bits per heavy atom. The van der Waals surface area contributed by atoms with Crippen LogP contribution in [0.2, 0.25) is 0 Å². The zero-order chi connectivity index (χ0) is 13.0. The normalized spacial score (nSPS) is 16.8. The van der Waals surface area contributed by atoms with Gasteiger partial charge in [0.05, 0.1) is 0 Å². The number of hydrogen-bond acceptors (Lipinski definition) is 2. The van der Waals surface area contributed by atoms with E-state index in [0.717, 1.165) is 30.6 Å². The number of phenols is 1. The average molecular weight is 244 g/mol. The molecule has 1 aromatic rings. The molecule has 1 aromatic carbocycles. The maximum atomic E-state index is 9.82. The third-order valence-electron chi connectivity index (χ3n) is 3.22. The average Bonchev–Trinajstić information content (AvgIpc) is 2.35. The van der Waals surface area contributed by atoms with Gasteiger partial charge in [-0.3, -0.25) is 0 Å². The SMILES string of the molecule is CC1=CCc2cc(ccc2O)OCC(C)=CCC1. The van der Waals surface area contributed by atoms with E-state index in [1.165, 1.54) is 11.1 Å². The highest BCUT2D eigenvalue weighted by molar-refractivity contribution is 5.40. The lowest BCUT2D eigenvalue weighted by molar-refractivity contribution is 0.350. The van der Waals surface area contributed by atoms with Crippen LogP contribution >= 0.6 is 0 Å². The molecule has 0 saturated heterocycles. The van der Waals surface area contributed by atoms with Crippen LogP contribution in [0.3, 0.4) is 0 Å². The minimum absolute atomic E-state index is 0.343. The molecule has 0 aromatic heterocycles. The smallest absolute Gasteiger partial charge is 0.120 e. The van der Waals surface area contributed by atoms with Gasteiger partial charge in [-0.2, -0.15) is 0 Å². The van der Waals surface area contributed by atoms with Crippen LogP contribution in [0.1, 0.15) is 32.3 Å². The summed E-state index contributed by atoms with van der Waals surface area (Å²) in [7, 11) is 0. The van der Waals surface area contributed by atoms with E-state index in [4.69, 9.17) is 4.74 Å². The molecule has 0 radical (unpaired) electrons. The molecule has 0 saturated carbocycles. The number of aromatic hydroxyl groups is 1. The second-order valence-corrected chi connectivity index (χ2v) is 4.92. The number of ether oxygens (including phenoxy) is 1. The van der Waals surface area contributed by atoms with Crippen molar-refractivity contribution in [3.05, 3.63) is 47.1 Å². The molecule has 18 heavy (non-hydrogen) atoms. The van der Waals surface area contributed by atoms with E-state index in [9.17, 15) is 5.11 Å². The minimum atomic E-state index is 0.343. The number of benzene rings is 1. The van der Waals surface area contributed by atoms with Crippen molar-refractivity contribution in [2.75, 3.05) is 6.61 Å². The van der Waals surface area contributed by atoms with Crippen molar-refractivity contribution < 1.29 is 9.84 Å². The van der Waals surface area contributed by atoms with Crippen molar-refractivity contribution in [1.29, 1.82) is 0 Å². The lowest BCUT2D eigenvalue weighted by atomic mass is 10.0. The fourth-order valence-electron chi connectivity index (χ4n) is 2.00. The summed E-state index contributed by atoms with van der Waals surface area (Å²) in [5.41, 5.74) is 3.54. The quantitative estimate of drug-likeness (QED) is 0.699. The fourth-order valence-corrected chi connectivity index (χ4v) is 2.00. The summed E-state index contributed by atoms with van der Waals surface area (Å²) in [6.45, 7) is 4.85. The van der Waals surface area contributed by atoms with Crippen molar-refractivity contribution in [1.82, 2.24) is 0 Å². The van der Waals surface area contributed by atoms with E-state index in [0.29, 0.717) is 12.4 Å². The first-order chi connectivity index (χ1) is 8.65. The predicted octanol–water partition coefficient (Wildman–Crippen LogP) is 4.00. The first-order valence-electron chi connectivity index (χ1n) is 6.41. The Morgan fingerprint density at radius 3 is 2.78 bits per heavy atom. The van der Waals surface area contributed by atoms with Crippen LogP contribution < -0.4 is 4.74 Å². The standard InChI is InChI=1S/C16H20O2/c1-12-4-3-5-13(2)11-18-15-8-9-16(17)14(10-15)7-6-12/h5-6,8-10,17H,3-4,7,11H2,1-2H3. The van der Waals surface area contributed by atoms with Crippen molar-refractivity contribution in [2.45, 2.75) is 33.1 Å². The third-order valence-corrected chi connectivity index (χ3v) is 3.22. The molecule has 1 N–H and O–H groups in total. The molecule has 96 valence electrons. The summed E-state index contributed by atoms with van der Waals surface area (Å²) in [4.78, 5) is 0. The predicted molar refractivity (Wildman–Crippen MR) is 74.1 cm³/mol. The molecule has 1 aliphatic heterocycles. The Kier molecular flexibility index (Phi) is 4.08. The Bertz CT molecular complexity index is 484. The lowest BCUT2D eigenvalue weighted by Crippen LogP contribution is -2.00. The molecule has 2 bridgehead atoms. The van der Waals surface area contributed by atoms with Gasteiger partial charge in [0.15, 0.2) is 0 Å². The van der Waals surface area contributed by atoms with Crippen LogP contribution in [0.15, 0.2) is 41.5 Å². The Hall–Kier alpha value is -1.70. The van der Waals surface area contributed by atoms with Gasteiger partial charge in [0.25, 0.3) is 0 Å². The molecule has 0 aliphatic carbocycles. The zero-order valence-electron chi connectivity index (χ0n) is 11.1. The van der Waals surface area contributed by atoms with E-state index in [2.05, 4.69) is 26.0 Å². The topological polar surface area (TPSA) is 29.5 Å². The van der Waals surface area contributed by atoms with Gasteiger partial charge in [-0.05, 0) is 56.9 Å². The molecule has 1 aliphatic rings. The van der Waals surface area contributed by atoms with Crippen LogP contribution in [0, 0.1) is 0 Å². The molecule has 2 nitrogen and oxygen atoms in total. The molecule has 0 unspecified atom stereocenters. The van der Waals surface area contributed by atoms with E-state index < -0.39 is 0 Å². The highest BCUT2D eigenvalue weighted by atomic mass is 16.5. The van der Waals surface area contributed by atoms with Crippen LogP contribution in [0.5, 0.6) is 11.5 Å². The van der Waals surface area contributed by atoms with Crippen molar-refractivity contribution in [3.63, 3.8) is 0 Å². The molecule has 0 fully saturated rings. The second kappa shape index (κ2) is 5.76. The highest BCUT2D eigenvalue weighted by Gasteiger charge is 2.04. The van der Waals surface area contributed by atoms with E-state index >= 15 is 0 Å². The number of hydrogen-bond donors (Lipinski definition) is 1. The summed E-state index contributed by atoms with van der Waals surface area (Å²) in [5, 5.41) is 9.82. The molecular weight excluding hydrogens is 224 g/mol. The first-order valence-corrected chi connectivity index (χ1v) is 6.41. The van der Waals surface area contributed by atoms with Gasteiger partial charge in [-0.25, -0.2) is 0 Å². The molecule has 2 rings (SSSR count). The van der Waals surface area contributed by atoms with E-state index in [1.54, 1.807) is 6.07 Å². The van der Waals surface area contributed by atoms with Crippen molar-refractivity contribution in [2.24, 2.45) is 0 Å². The van der Waals surface area contributed by atoms with Gasteiger partial charge in [0.1, 0.15) is 18.1 Å². The maximum Gasteiger partial charge on any atom is 0.120 e. The number of fused-ring (bicyclic) bond motifs is 2. The number of phenolic OH excluding ortho intramolecular Hbond substituents is 1. The monoisotopic (exact) mass is 244 g/mol. The summed E-state index contributed by atoms with van der Waals surface area (Å²) < 4.78 is 5.71. The first kappa shape index (κ1) is 12.7. The lowest BCUT2D eigenvalue weighted by Gasteiger charge is -2.11. The molecule has 1 heterocycles. The molecular formula is C16H20O2. The van der Waals surface area contributed by atoms with Gasteiger partial charge in [0, 0.05) is 5.56 Å². The summed E-state index contributed by atoms with van der Waals surface area (Å²) in [6.07, 6.45) is 7.30. The fraction of sp³-hybridized carbons (Fsp3) is 0.375. The van der Waals surface area contributed by atoms with Gasteiger partial charge >= 0.3 is 0 Å². The minimum Gasteiger partial charge on any atom is -0.508 e. The van der Waals surface area contributed by atoms with E-state index in [-0.39, 0.29) is 0 Å². The summed E-state index contributed by atoms with van der Waals surface area (Å²) in [6, 6.07) is 5.45. The number of allylic oxidation sites excluding steroid dienone is 3. The second-order valence-electron chi connectivity index (χ2n) is 4.92. The Morgan fingerprint density at radius 2 is 1.94 bits per heavy atom. The van der Waals surface area contributed by atoms with Gasteiger partial charge < -0.3 is 9.84 Å². The highest BCUT2D eigenvalue weighted by Crippen LogP contribution is 2.25. The van der Waals surface area contributed by atoms with Crippen LogP contribution in [-0.2, 0) is 6.42 Å². The van der Waals surface area contributed by atoms with Gasteiger partial charge in [0.2, 0.25) is 0 Å². The maximum absolute atomic E-state index is 9.82. The molecule has 0 amide bonds. The van der Waals surface area contributed by atoms with Gasteiger partial charge in [-0.1, -0.05) is 17.7 Å². The van der Waals surface area contributed by atoms with Crippen molar-refractivity contribution in [3.8, 4) is 11.5 Å². The van der Waals surface area contributed by atoms with Crippen LogP contribution in [0.25, 0.3) is 0 Å². The zero-order valence-corrected chi connectivity index (χ0v) is 11.1. The van der Waals surface area contributed by atoms with Gasteiger partial charge in [-0.15, -0.1) is 0 Å².